The van der Waals surface area contributed by atoms with Crippen molar-refractivity contribution < 1.29 is 14.0 Å². The fraction of sp³-hybridized carbons (Fsp3) is 0.0667. The van der Waals surface area contributed by atoms with Crippen molar-refractivity contribution in [2.45, 2.75) is 0 Å². The molecule has 0 unspecified atom stereocenters. The lowest BCUT2D eigenvalue weighted by Crippen LogP contribution is -2.16. The van der Waals surface area contributed by atoms with E-state index in [1.807, 2.05) is 0 Å². The summed E-state index contributed by atoms with van der Waals surface area (Å²) >= 11 is 3.03. The highest BCUT2D eigenvalue weighted by Gasteiger charge is 2.17. The van der Waals surface area contributed by atoms with Gasteiger partial charge >= 0.3 is 0 Å². The van der Waals surface area contributed by atoms with Gasteiger partial charge in [0.1, 0.15) is 5.82 Å². The van der Waals surface area contributed by atoms with Gasteiger partial charge in [-0.25, -0.2) is 4.39 Å². The molecule has 1 N–H and O–H groups in total. The normalized spacial score (nSPS) is 10.1. The summed E-state index contributed by atoms with van der Waals surface area (Å²) in [6.07, 6.45) is 0. The Balaban J connectivity index is 2.40. The molecular formula is C15H11BrFNO2. The number of hydrogen-bond acceptors (Lipinski definition) is 2. The average molecular weight is 336 g/mol. The standard InChI is InChI=1S/C15H11BrFNO2/c16-9-14(19)18-13-8-4-2-6-11(13)15(20)10-5-1-3-7-12(10)17/h1-8H,9H2,(H,18,19). The first-order chi connectivity index (χ1) is 9.63. The van der Waals surface area contributed by atoms with Gasteiger partial charge in [-0.2, -0.15) is 0 Å². The van der Waals surface area contributed by atoms with E-state index in [0.717, 1.165) is 0 Å². The van der Waals surface area contributed by atoms with E-state index in [-0.39, 0.29) is 22.4 Å². The molecule has 1 amide bonds. The van der Waals surface area contributed by atoms with Gasteiger partial charge in [-0.15, -0.1) is 0 Å². The van der Waals surface area contributed by atoms with Crippen molar-refractivity contribution in [1.29, 1.82) is 0 Å². The molecule has 0 atom stereocenters. The van der Waals surface area contributed by atoms with Crippen LogP contribution in [0.5, 0.6) is 0 Å². The maximum absolute atomic E-state index is 13.7. The van der Waals surface area contributed by atoms with Crippen molar-refractivity contribution in [3.8, 4) is 0 Å². The smallest absolute Gasteiger partial charge is 0.235 e. The van der Waals surface area contributed by atoms with Gasteiger partial charge < -0.3 is 5.32 Å². The number of ketones is 1. The summed E-state index contributed by atoms with van der Waals surface area (Å²) in [4.78, 5) is 23.8. The Morgan fingerprint density at radius 3 is 2.25 bits per heavy atom. The minimum absolute atomic E-state index is 0.0203. The maximum atomic E-state index is 13.7. The summed E-state index contributed by atoms with van der Waals surface area (Å²) in [7, 11) is 0. The molecule has 102 valence electrons. The first kappa shape index (κ1) is 14.4. The molecule has 5 heteroatoms. The first-order valence-electron chi connectivity index (χ1n) is 5.87. The van der Waals surface area contributed by atoms with E-state index in [1.54, 1.807) is 30.3 Å². The Kier molecular flexibility index (Phi) is 4.63. The van der Waals surface area contributed by atoms with Crippen LogP contribution in [0.3, 0.4) is 0 Å². The zero-order valence-electron chi connectivity index (χ0n) is 10.4. The van der Waals surface area contributed by atoms with Gasteiger partial charge in [0.05, 0.1) is 16.6 Å². The minimum Gasteiger partial charge on any atom is -0.325 e. The molecule has 0 aliphatic rings. The number of carbonyl (C=O) groups is 2. The van der Waals surface area contributed by atoms with Crippen LogP contribution >= 0.6 is 15.9 Å². The molecule has 2 aromatic carbocycles. The van der Waals surface area contributed by atoms with Crippen molar-refractivity contribution in [3.05, 3.63) is 65.5 Å². The van der Waals surface area contributed by atoms with Crippen LogP contribution in [0.4, 0.5) is 10.1 Å². The third-order valence-corrected chi connectivity index (χ3v) is 3.19. The Morgan fingerprint density at radius 2 is 1.60 bits per heavy atom. The van der Waals surface area contributed by atoms with Crippen molar-refractivity contribution in [1.82, 2.24) is 0 Å². The van der Waals surface area contributed by atoms with Gasteiger partial charge in [0.15, 0.2) is 5.78 Å². The van der Waals surface area contributed by atoms with Crippen LogP contribution in [-0.4, -0.2) is 17.0 Å². The van der Waals surface area contributed by atoms with Crippen LogP contribution in [0.1, 0.15) is 15.9 Å². The van der Waals surface area contributed by atoms with E-state index in [0.29, 0.717) is 5.69 Å². The van der Waals surface area contributed by atoms with Gasteiger partial charge in [0.25, 0.3) is 0 Å². The highest BCUT2D eigenvalue weighted by Crippen LogP contribution is 2.20. The lowest BCUT2D eigenvalue weighted by Gasteiger charge is -2.09. The molecule has 20 heavy (non-hydrogen) atoms. The Hall–Kier alpha value is -2.01. The lowest BCUT2D eigenvalue weighted by atomic mass is 10.0. The zero-order valence-corrected chi connectivity index (χ0v) is 12.0. The summed E-state index contributed by atoms with van der Waals surface area (Å²) in [5.41, 5.74) is 0.602. The van der Waals surface area contributed by atoms with Crippen molar-refractivity contribution in [2.75, 3.05) is 10.6 Å². The van der Waals surface area contributed by atoms with Crippen LogP contribution in [0, 0.1) is 5.82 Å². The second kappa shape index (κ2) is 6.43. The van der Waals surface area contributed by atoms with Crippen LogP contribution in [0.15, 0.2) is 48.5 Å². The first-order valence-corrected chi connectivity index (χ1v) is 6.99. The molecule has 0 spiro atoms. The third-order valence-electron chi connectivity index (χ3n) is 2.69. The number of para-hydroxylation sites is 1. The number of hydrogen-bond donors (Lipinski definition) is 1. The molecular weight excluding hydrogens is 325 g/mol. The van der Waals surface area contributed by atoms with Crippen LogP contribution in [-0.2, 0) is 4.79 Å². The zero-order chi connectivity index (χ0) is 14.5. The van der Waals surface area contributed by atoms with E-state index in [4.69, 9.17) is 0 Å². The van der Waals surface area contributed by atoms with Crippen LogP contribution < -0.4 is 5.32 Å². The molecule has 0 heterocycles. The van der Waals surface area contributed by atoms with Crippen LogP contribution in [0.25, 0.3) is 0 Å². The van der Waals surface area contributed by atoms with Gasteiger partial charge in [-0.3, -0.25) is 9.59 Å². The topological polar surface area (TPSA) is 46.2 Å². The largest absolute Gasteiger partial charge is 0.325 e. The van der Waals surface area contributed by atoms with Gasteiger partial charge in [-0.1, -0.05) is 40.2 Å². The van der Waals surface area contributed by atoms with Crippen molar-refractivity contribution >= 4 is 33.3 Å². The number of halogens is 2. The fourth-order valence-corrected chi connectivity index (χ4v) is 1.90. The quantitative estimate of drug-likeness (QED) is 0.687. The number of amides is 1. The molecule has 0 bridgehead atoms. The number of rotatable bonds is 4. The number of nitrogens with one attached hydrogen (secondary N) is 1. The molecule has 0 radical (unpaired) electrons. The molecule has 0 aliphatic carbocycles. The maximum Gasteiger partial charge on any atom is 0.235 e. The van der Waals surface area contributed by atoms with Gasteiger partial charge in [0.2, 0.25) is 5.91 Å². The van der Waals surface area contributed by atoms with E-state index >= 15 is 0 Å². The molecule has 2 aromatic rings. The summed E-state index contributed by atoms with van der Waals surface area (Å²) < 4.78 is 13.7. The van der Waals surface area contributed by atoms with E-state index in [9.17, 15) is 14.0 Å². The SMILES string of the molecule is O=C(CBr)Nc1ccccc1C(=O)c1ccccc1F. The predicted molar refractivity (Wildman–Crippen MR) is 78.7 cm³/mol. The molecule has 0 aliphatic heterocycles. The third kappa shape index (κ3) is 3.11. The monoisotopic (exact) mass is 335 g/mol. The van der Waals surface area contributed by atoms with Gasteiger partial charge in [0, 0.05) is 5.56 Å². The number of alkyl halides is 1. The molecule has 0 aromatic heterocycles. The number of anilines is 1. The number of carbonyl (C=O) groups excluding carboxylic acids is 2. The summed E-state index contributed by atoms with van der Waals surface area (Å²) in [6.45, 7) is 0. The second-order valence-corrected chi connectivity index (χ2v) is 4.60. The van der Waals surface area contributed by atoms with E-state index in [1.165, 1.54) is 18.2 Å². The fourth-order valence-electron chi connectivity index (χ4n) is 1.76. The lowest BCUT2D eigenvalue weighted by molar-refractivity contribution is -0.113. The van der Waals surface area contributed by atoms with E-state index < -0.39 is 11.6 Å². The summed E-state index contributed by atoms with van der Waals surface area (Å²) in [5.74, 6) is -1.33. The minimum atomic E-state index is -0.584. The summed E-state index contributed by atoms with van der Waals surface area (Å²) in [5, 5.41) is 2.72. The Bertz CT molecular complexity index is 658. The van der Waals surface area contributed by atoms with Crippen molar-refractivity contribution in [3.63, 3.8) is 0 Å². The van der Waals surface area contributed by atoms with E-state index in [2.05, 4.69) is 21.2 Å². The molecule has 0 fully saturated rings. The Morgan fingerprint density at radius 1 is 1.00 bits per heavy atom. The highest BCUT2D eigenvalue weighted by molar-refractivity contribution is 9.09. The second-order valence-electron chi connectivity index (χ2n) is 4.04. The number of benzene rings is 2. The molecule has 0 saturated carbocycles. The average Bonchev–Trinajstić information content (AvgIpc) is 2.47. The van der Waals surface area contributed by atoms with Crippen LogP contribution in [0.2, 0.25) is 0 Å². The molecule has 2 rings (SSSR count). The van der Waals surface area contributed by atoms with Crippen molar-refractivity contribution in [2.24, 2.45) is 0 Å². The summed E-state index contributed by atoms with van der Waals surface area (Å²) in [6, 6.07) is 12.3. The van der Waals surface area contributed by atoms with Gasteiger partial charge in [-0.05, 0) is 24.3 Å². The predicted octanol–water partition coefficient (Wildman–Crippen LogP) is 3.39. The molecule has 3 nitrogen and oxygen atoms in total. The molecule has 0 saturated heterocycles. The highest BCUT2D eigenvalue weighted by atomic mass is 79.9. The Labute approximate surface area is 123 Å².